The SMILES string of the molecule is COc1cc(C2(C(=O)O)CC2)c(Br)c2cc(C)oc12. The van der Waals surface area contributed by atoms with Crippen LogP contribution >= 0.6 is 15.9 Å². The van der Waals surface area contributed by atoms with Gasteiger partial charge in [0.15, 0.2) is 11.3 Å². The van der Waals surface area contributed by atoms with Crippen molar-refractivity contribution in [1.82, 2.24) is 0 Å². The van der Waals surface area contributed by atoms with Crippen molar-refractivity contribution >= 4 is 32.9 Å². The van der Waals surface area contributed by atoms with Crippen LogP contribution in [0.15, 0.2) is 21.0 Å². The Hall–Kier alpha value is -1.49. The van der Waals surface area contributed by atoms with Crippen LogP contribution in [0, 0.1) is 6.92 Å². The maximum Gasteiger partial charge on any atom is 0.314 e. The smallest absolute Gasteiger partial charge is 0.314 e. The van der Waals surface area contributed by atoms with E-state index in [-0.39, 0.29) is 0 Å². The summed E-state index contributed by atoms with van der Waals surface area (Å²) in [7, 11) is 1.56. The summed E-state index contributed by atoms with van der Waals surface area (Å²) >= 11 is 3.52. The van der Waals surface area contributed by atoms with E-state index in [0.29, 0.717) is 24.2 Å². The fraction of sp³-hybridized carbons (Fsp3) is 0.357. The summed E-state index contributed by atoms with van der Waals surface area (Å²) in [6, 6.07) is 3.67. The molecule has 0 saturated heterocycles. The first-order chi connectivity index (χ1) is 8.99. The third-order valence-electron chi connectivity index (χ3n) is 3.72. The lowest BCUT2D eigenvalue weighted by molar-refractivity contribution is -0.140. The van der Waals surface area contributed by atoms with Crippen LogP contribution in [0.2, 0.25) is 0 Å². The first kappa shape index (κ1) is 12.5. The molecule has 2 aromatic rings. The van der Waals surface area contributed by atoms with Crippen LogP contribution in [-0.4, -0.2) is 18.2 Å². The minimum atomic E-state index is -0.783. The van der Waals surface area contributed by atoms with Gasteiger partial charge in [-0.3, -0.25) is 4.79 Å². The minimum absolute atomic E-state index is 0.578. The Morgan fingerprint density at radius 2 is 2.16 bits per heavy atom. The molecule has 19 heavy (non-hydrogen) atoms. The highest BCUT2D eigenvalue weighted by Crippen LogP contribution is 2.53. The largest absolute Gasteiger partial charge is 0.493 e. The first-order valence-corrected chi connectivity index (χ1v) is 6.79. The van der Waals surface area contributed by atoms with E-state index < -0.39 is 11.4 Å². The number of rotatable bonds is 3. The molecule has 1 aromatic carbocycles. The Morgan fingerprint density at radius 3 is 2.68 bits per heavy atom. The van der Waals surface area contributed by atoms with Gasteiger partial charge in [0.25, 0.3) is 0 Å². The molecule has 3 rings (SSSR count). The van der Waals surface area contributed by atoms with E-state index in [0.717, 1.165) is 21.2 Å². The summed E-state index contributed by atoms with van der Waals surface area (Å²) in [5, 5.41) is 10.3. The molecule has 0 amide bonds. The number of fused-ring (bicyclic) bond motifs is 1. The number of hydrogen-bond donors (Lipinski definition) is 1. The number of carbonyl (C=O) groups is 1. The number of halogens is 1. The summed E-state index contributed by atoms with van der Waals surface area (Å²) in [6.45, 7) is 1.86. The van der Waals surface area contributed by atoms with E-state index in [1.54, 1.807) is 13.2 Å². The standard InChI is InChI=1S/C14H13BrO4/c1-7-5-8-11(15)9(14(3-4-14)13(16)17)6-10(18-2)12(8)19-7/h5-6H,3-4H2,1-2H3,(H,16,17). The predicted molar refractivity (Wildman–Crippen MR) is 73.8 cm³/mol. The Kier molecular flexibility index (Phi) is 2.64. The number of methoxy groups -OCH3 is 1. The maximum atomic E-state index is 11.5. The van der Waals surface area contributed by atoms with Crippen molar-refractivity contribution in [3.05, 3.63) is 27.9 Å². The highest BCUT2D eigenvalue weighted by Gasteiger charge is 2.53. The molecule has 1 aliphatic rings. The fourth-order valence-electron chi connectivity index (χ4n) is 2.49. The molecule has 0 atom stereocenters. The molecule has 1 N–H and O–H groups in total. The number of aryl methyl sites for hydroxylation is 1. The molecule has 0 aliphatic heterocycles. The first-order valence-electron chi connectivity index (χ1n) is 6.00. The number of benzene rings is 1. The predicted octanol–water partition coefficient (Wildman–Crippen LogP) is 3.63. The van der Waals surface area contributed by atoms with E-state index in [9.17, 15) is 9.90 Å². The molecular formula is C14H13BrO4. The van der Waals surface area contributed by atoms with Crippen molar-refractivity contribution in [2.45, 2.75) is 25.2 Å². The molecule has 1 aliphatic carbocycles. The monoisotopic (exact) mass is 324 g/mol. The fourth-order valence-corrected chi connectivity index (χ4v) is 3.28. The van der Waals surface area contributed by atoms with Gasteiger partial charge in [-0.25, -0.2) is 0 Å². The van der Waals surface area contributed by atoms with Gasteiger partial charge in [-0.15, -0.1) is 0 Å². The summed E-state index contributed by atoms with van der Waals surface area (Å²) in [5.74, 6) is 0.565. The van der Waals surface area contributed by atoms with Crippen molar-refractivity contribution < 1.29 is 19.1 Å². The number of carboxylic acid groups (broad SMARTS) is 1. The van der Waals surface area contributed by atoms with Gasteiger partial charge in [0, 0.05) is 9.86 Å². The lowest BCUT2D eigenvalue weighted by Crippen LogP contribution is -2.20. The van der Waals surface area contributed by atoms with Gasteiger partial charge in [0.05, 0.1) is 12.5 Å². The van der Waals surface area contributed by atoms with Crippen molar-refractivity contribution in [2.24, 2.45) is 0 Å². The van der Waals surface area contributed by atoms with Crippen LogP contribution in [0.25, 0.3) is 11.0 Å². The van der Waals surface area contributed by atoms with E-state index in [2.05, 4.69) is 15.9 Å². The Labute approximate surface area is 118 Å². The minimum Gasteiger partial charge on any atom is -0.493 e. The second-order valence-electron chi connectivity index (χ2n) is 4.93. The number of ether oxygens (including phenoxy) is 1. The molecule has 1 heterocycles. The quantitative estimate of drug-likeness (QED) is 0.936. The van der Waals surface area contributed by atoms with Crippen LogP contribution in [0.1, 0.15) is 24.2 Å². The molecule has 0 unspecified atom stereocenters. The Balaban J connectivity index is 2.32. The lowest BCUT2D eigenvalue weighted by Gasteiger charge is -2.14. The van der Waals surface area contributed by atoms with Gasteiger partial charge in [-0.1, -0.05) is 0 Å². The zero-order valence-corrected chi connectivity index (χ0v) is 12.2. The maximum absolute atomic E-state index is 11.5. The van der Waals surface area contributed by atoms with E-state index >= 15 is 0 Å². The van der Waals surface area contributed by atoms with Crippen LogP contribution in [0.3, 0.4) is 0 Å². The average molecular weight is 325 g/mol. The summed E-state index contributed by atoms with van der Waals surface area (Å²) in [6.07, 6.45) is 1.32. The van der Waals surface area contributed by atoms with Crippen LogP contribution < -0.4 is 4.74 Å². The average Bonchev–Trinajstić information content (AvgIpc) is 3.07. The summed E-state index contributed by atoms with van der Waals surface area (Å²) in [5.41, 5.74) is 0.646. The van der Waals surface area contributed by atoms with Crippen molar-refractivity contribution in [1.29, 1.82) is 0 Å². The molecule has 1 aromatic heterocycles. The molecule has 0 bridgehead atoms. The molecule has 1 fully saturated rings. The highest BCUT2D eigenvalue weighted by molar-refractivity contribution is 9.10. The van der Waals surface area contributed by atoms with Crippen molar-refractivity contribution in [3.8, 4) is 5.75 Å². The highest BCUT2D eigenvalue weighted by atomic mass is 79.9. The topological polar surface area (TPSA) is 59.7 Å². The number of hydrogen-bond acceptors (Lipinski definition) is 3. The van der Waals surface area contributed by atoms with Crippen LogP contribution in [0.5, 0.6) is 5.75 Å². The number of aliphatic carboxylic acids is 1. The summed E-state index contributed by atoms with van der Waals surface area (Å²) in [4.78, 5) is 11.5. The second-order valence-corrected chi connectivity index (χ2v) is 5.72. The van der Waals surface area contributed by atoms with Gasteiger partial charge in [0.2, 0.25) is 0 Å². The lowest BCUT2D eigenvalue weighted by atomic mass is 9.94. The second kappa shape index (κ2) is 4.00. The molecular weight excluding hydrogens is 312 g/mol. The molecule has 4 nitrogen and oxygen atoms in total. The zero-order chi connectivity index (χ0) is 13.8. The van der Waals surface area contributed by atoms with Crippen molar-refractivity contribution in [3.63, 3.8) is 0 Å². The van der Waals surface area contributed by atoms with E-state index in [4.69, 9.17) is 9.15 Å². The molecule has 0 spiro atoms. The van der Waals surface area contributed by atoms with Gasteiger partial charge in [-0.05, 0) is 53.4 Å². The molecule has 1 saturated carbocycles. The number of furan rings is 1. The molecule has 5 heteroatoms. The van der Waals surface area contributed by atoms with Crippen LogP contribution in [-0.2, 0) is 10.2 Å². The third kappa shape index (κ3) is 1.68. The molecule has 100 valence electrons. The Bertz CT molecular complexity index is 682. The summed E-state index contributed by atoms with van der Waals surface area (Å²) < 4.78 is 11.7. The van der Waals surface area contributed by atoms with Gasteiger partial charge >= 0.3 is 5.97 Å². The molecule has 0 radical (unpaired) electrons. The van der Waals surface area contributed by atoms with E-state index in [1.165, 1.54) is 0 Å². The van der Waals surface area contributed by atoms with Gasteiger partial charge < -0.3 is 14.3 Å². The van der Waals surface area contributed by atoms with E-state index in [1.807, 2.05) is 13.0 Å². The third-order valence-corrected chi connectivity index (χ3v) is 4.58. The number of carboxylic acids is 1. The normalized spacial score (nSPS) is 16.6. The van der Waals surface area contributed by atoms with Crippen molar-refractivity contribution in [2.75, 3.05) is 7.11 Å². The van der Waals surface area contributed by atoms with Gasteiger partial charge in [0.1, 0.15) is 5.76 Å². The zero-order valence-electron chi connectivity index (χ0n) is 10.6. The van der Waals surface area contributed by atoms with Gasteiger partial charge in [-0.2, -0.15) is 0 Å². The Morgan fingerprint density at radius 1 is 1.47 bits per heavy atom. The van der Waals surface area contributed by atoms with Crippen LogP contribution in [0.4, 0.5) is 0 Å².